The number of allylic oxidation sites excluding steroid dienone is 2. The lowest BCUT2D eigenvalue weighted by atomic mass is 10.0. The quantitative estimate of drug-likeness (QED) is 0.0322. The van der Waals surface area contributed by atoms with E-state index < -0.39 is 28.0 Å². The number of hydrogen-bond acceptors (Lipinski definition) is 4. The Bertz CT molecular complexity index is 970. The SMILES string of the molecule is CCCCCCCCCC/C=C\CCCCCCCCCCCCCC(=O)NC(CS(=O)(=O)O)C(O)CCCCCCCCCCCCCCCCCCCCCC. The molecular formula is C51H101NO5S. The summed E-state index contributed by atoms with van der Waals surface area (Å²) < 4.78 is 32.8. The van der Waals surface area contributed by atoms with Gasteiger partial charge in [0, 0.05) is 6.42 Å². The van der Waals surface area contributed by atoms with Crippen LogP contribution in [0.2, 0.25) is 0 Å². The van der Waals surface area contributed by atoms with Crippen molar-refractivity contribution < 1.29 is 22.9 Å². The summed E-state index contributed by atoms with van der Waals surface area (Å²) in [4.78, 5) is 12.6. The molecule has 346 valence electrons. The van der Waals surface area contributed by atoms with Crippen LogP contribution < -0.4 is 5.32 Å². The molecule has 6 nitrogen and oxygen atoms in total. The number of amides is 1. The molecule has 2 atom stereocenters. The van der Waals surface area contributed by atoms with Gasteiger partial charge in [0.05, 0.1) is 17.9 Å². The number of nitrogens with one attached hydrogen (secondary N) is 1. The largest absolute Gasteiger partial charge is 0.391 e. The first-order chi connectivity index (χ1) is 28.3. The highest BCUT2D eigenvalue weighted by molar-refractivity contribution is 7.85. The Hall–Kier alpha value is -0.920. The summed E-state index contributed by atoms with van der Waals surface area (Å²) in [5, 5.41) is 13.5. The molecule has 0 aromatic carbocycles. The Labute approximate surface area is 362 Å². The van der Waals surface area contributed by atoms with Crippen LogP contribution in [0.15, 0.2) is 12.2 Å². The molecule has 0 heterocycles. The maximum absolute atomic E-state index is 12.6. The smallest absolute Gasteiger partial charge is 0.266 e. The summed E-state index contributed by atoms with van der Waals surface area (Å²) >= 11 is 0. The first-order valence-electron chi connectivity index (χ1n) is 25.9. The Morgan fingerprint density at radius 1 is 0.448 bits per heavy atom. The summed E-state index contributed by atoms with van der Waals surface area (Å²) in [5.74, 6) is -0.884. The zero-order valence-corrected chi connectivity index (χ0v) is 39.8. The fourth-order valence-corrected chi connectivity index (χ4v) is 9.09. The second-order valence-corrected chi connectivity index (χ2v) is 19.7. The lowest BCUT2D eigenvalue weighted by molar-refractivity contribution is -0.122. The van der Waals surface area contributed by atoms with Crippen LogP contribution in [0.5, 0.6) is 0 Å². The number of carbonyl (C=O) groups is 1. The second-order valence-electron chi connectivity index (χ2n) is 18.2. The summed E-state index contributed by atoms with van der Waals surface area (Å²) in [6, 6.07) is -0.969. The fraction of sp³-hybridized carbons (Fsp3) is 0.941. The van der Waals surface area contributed by atoms with Crippen molar-refractivity contribution in [2.24, 2.45) is 0 Å². The van der Waals surface area contributed by atoms with E-state index in [0.29, 0.717) is 12.8 Å². The molecule has 7 heteroatoms. The zero-order valence-electron chi connectivity index (χ0n) is 38.9. The van der Waals surface area contributed by atoms with Crippen LogP contribution in [0.25, 0.3) is 0 Å². The molecular weight excluding hydrogens is 739 g/mol. The highest BCUT2D eigenvalue weighted by atomic mass is 32.2. The van der Waals surface area contributed by atoms with Crippen LogP contribution in [-0.4, -0.2) is 41.9 Å². The first-order valence-corrected chi connectivity index (χ1v) is 27.5. The van der Waals surface area contributed by atoms with Crippen molar-refractivity contribution >= 4 is 16.0 Å². The van der Waals surface area contributed by atoms with Gasteiger partial charge in [-0.3, -0.25) is 9.35 Å². The highest BCUT2D eigenvalue weighted by Crippen LogP contribution is 2.17. The third-order valence-corrected chi connectivity index (χ3v) is 13.0. The van der Waals surface area contributed by atoms with Crippen LogP contribution in [0.4, 0.5) is 0 Å². The molecule has 0 aromatic heterocycles. The van der Waals surface area contributed by atoms with Crippen LogP contribution >= 0.6 is 0 Å². The van der Waals surface area contributed by atoms with Crippen molar-refractivity contribution in [2.45, 2.75) is 302 Å². The lowest BCUT2D eigenvalue weighted by Gasteiger charge is -2.23. The van der Waals surface area contributed by atoms with Crippen molar-refractivity contribution in [3.63, 3.8) is 0 Å². The van der Waals surface area contributed by atoms with Crippen molar-refractivity contribution in [1.82, 2.24) is 5.32 Å². The average molecular weight is 840 g/mol. The average Bonchev–Trinajstić information content (AvgIpc) is 3.19. The number of aliphatic hydroxyl groups is 1. The molecule has 2 unspecified atom stereocenters. The molecule has 0 aromatic rings. The van der Waals surface area contributed by atoms with Crippen molar-refractivity contribution in [3.05, 3.63) is 12.2 Å². The molecule has 0 saturated carbocycles. The van der Waals surface area contributed by atoms with Crippen LogP contribution in [-0.2, 0) is 14.9 Å². The lowest BCUT2D eigenvalue weighted by Crippen LogP contribution is -2.47. The monoisotopic (exact) mass is 840 g/mol. The fourth-order valence-electron chi connectivity index (χ4n) is 8.34. The Kier molecular flexibility index (Phi) is 44.9. The molecule has 0 aliphatic rings. The first kappa shape index (κ1) is 57.1. The zero-order chi connectivity index (χ0) is 42.5. The van der Waals surface area contributed by atoms with Gasteiger partial charge in [-0.2, -0.15) is 8.42 Å². The van der Waals surface area contributed by atoms with Crippen LogP contribution in [0, 0.1) is 0 Å². The molecule has 1 amide bonds. The third-order valence-electron chi connectivity index (χ3n) is 12.2. The minimum absolute atomic E-state index is 0.241. The van der Waals surface area contributed by atoms with Gasteiger partial charge in [-0.25, -0.2) is 0 Å². The van der Waals surface area contributed by atoms with Gasteiger partial charge in [0.1, 0.15) is 0 Å². The third kappa shape index (κ3) is 46.2. The van der Waals surface area contributed by atoms with E-state index in [-0.39, 0.29) is 5.91 Å². The van der Waals surface area contributed by atoms with E-state index in [1.807, 2.05) is 0 Å². The van der Waals surface area contributed by atoms with Crippen molar-refractivity contribution in [2.75, 3.05) is 5.75 Å². The predicted molar refractivity (Wildman–Crippen MR) is 253 cm³/mol. The molecule has 0 aliphatic heterocycles. The molecule has 0 bridgehead atoms. The normalized spacial score (nSPS) is 13.1. The number of rotatable bonds is 48. The molecule has 58 heavy (non-hydrogen) atoms. The van der Waals surface area contributed by atoms with E-state index in [9.17, 15) is 22.9 Å². The van der Waals surface area contributed by atoms with Gasteiger partial charge in [0.25, 0.3) is 10.1 Å². The Balaban J connectivity index is 3.72. The molecule has 0 rings (SSSR count). The molecule has 0 fully saturated rings. The van der Waals surface area contributed by atoms with Crippen LogP contribution in [0.1, 0.15) is 290 Å². The topological polar surface area (TPSA) is 104 Å². The van der Waals surface area contributed by atoms with E-state index >= 15 is 0 Å². The Morgan fingerprint density at radius 2 is 0.724 bits per heavy atom. The molecule has 0 aliphatic carbocycles. The standard InChI is InChI=1S/C51H101NO5S/c1-3-5-7-9-11-13-15-17-19-21-23-25-26-27-29-31-33-35-37-39-41-43-45-47-51(54)52-49(48-58(55,56)57)50(53)46-44-42-40-38-36-34-32-30-28-24-22-20-18-16-14-12-10-8-6-4-2/h21,23,49-50,53H,3-20,22,24-48H2,1-2H3,(H,52,54)(H,55,56,57)/b23-21-. The van der Waals surface area contributed by atoms with Gasteiger partial charge in [0.2, 0.25) is 5.91 Å². The minimum atomic E-state index is -4.31. The predicted octanol–water partition coefficient (Wildman–Crippen LogP) is 16.1. The van der Waals surface area contributed by atoms with Gasteiger partial charge >= 0.3 is 0 Å². The van der Waals surface area contributed by atoms with Crippen LogP contribution in [0.3, 0.4) is 0 Å². The van der Waals surface area contributed by atoms with Gasteiger partial charge in [-0.05, 0) is 38.5 Å². The molecule has 0 spiro atoms. The summed E-state index contributed by atoms with van der Waals surface area (Å²) in [6.07, 6.45) is 57.5. The maximum Gasteiger partial charge on any atom is 0.266 e. The number of unbranched alkanes of at least 4 members (excludes halogenated alkanes) is 38. The highest BCUT2D eigenvalue weighted by Gasteiger charge is 2.26. The summed E-state index contributed by atoms with van der Waals surface area (Å²) in [5.41, 5.74) is 0. The van der Waals surface area contributed by atoms with E-state index in [0.717, 1.165) is 38.5 Å². The Morgan fingerprint density at radius 3 is 1.03 bits per heavy atom. The number of aliphatic hydroxyl groups excluding tert-OH is 1. The second kappa shape index (κ2) is 45.6. The summed E-state index contributed by atoms with van der Waals surface area (Å²) in [6.45, 7) is 4.56. The molecule has 3 N–H and O–H groups in total. The minimum Gasteiger partial charge on any atom is -0.391 e. The summed E-state index contributed by atoms with van der Waals surface area (Å²) in [7, 11) is -4.31. The van der Waals surface area contributed by atoms with E-state index in [2.05, 4.69) is 31.3 Å². The number of hydrogen-bond donors (Lipinski definition) is 3. The van der Waals surface area contributed by atoms with E-state index in [4.69, 9.17) is 0 Å². The van der Waals surface area contributed by atoms with Crippen molar-refractivity contribution in [1.29, 1.82) is 0 Å². The number of carbonyl (C=O) groups excluding carboxylic acids is 1. The van der Waals surface area contributed by atoms with Gasteiger partial charge < -0.3 is 10.4 Å². The van der Waals surface area contributed by atoms with Gasteiger partial charge in [-0.15, -0.1) is 0 Å². The van der Waals surface area contributed by atoms with Gasteiger partial charge in [-0.1, -0.05) is 257 Å². The molecule has 0 saturated heterocycles. The van der Waals surface area contributed by atoms with E-state index in [1.54, 1.807) is 0 Å². The van der Waals surface area contributed by atoms with Crippen molar-refractivity contribution in [3.8, 4) is 0 Å². The molecule has 0 radical (unpaired) electrons. The van der Waals surface area contributed by atoms with E-state index in [1.165, 1.54) is 225 Å². The van der Waals surface area contributed by atoms with Gasteiger partial charge in [0.15, 0.2) is 0 Å². The maximum atomic E-state index is 12.6.